The summed E-state index contributed by atoms with van der Waals surface area (Å²) in [5, 5.41) is 3.31. The van der Waals surface area contributed by atoms with Crippen LogP contribution in [0.3, 0.4) is 0 Å². The van der Waals surface area contributed by atoms with Crippen LogP contribution in [-0.2, 0) is 15.9 Å². The first kappa shape index (κ1) is 9.49. The van der Waals surface area contributed by atoms with Crippen LogP contribution in [-0.4, -0.2) is 26.6 Å². The molecule has 76 valence electrons. The summed E-state index contributed by atoms with van der Waals surface area (Å²) in [5.74, 6) is -0.506. The van der Waals surface area contributed by atoms with Crippen LogP contribution >= 0.6 is 0 Å². The molecule has 0 saturated heterocycles. The molecule has 1 N–H and O–H groups in total. The van der Waals surface area contributed by atoms with Gasteiger partial charge in [-0.15, -0.1) is 0 Å². The maximum atomic E-state index is 5.40. The van der Waals surface area contributed by atoms with Crippen LogP contribution in [0.5, 0.6) is 0 Å². The van der Waals surface area contributed by atoms with Crippen molar-refractivity contribution in [2.24, 2.45) is 0 Å². The third-order valence-corrected chi connectivity index (χ3v) is 2.77. The highest BCUT2D eigenvalue weighted by Gasteiger charge is 2.34. The lowest BCUT2D eigenvalue weighted by Gasteiger charge is -2.36. The zero-order valence-corrected chi connectivity index (χ0v) is 8.54. The molecule has 0 radical (unpaired) electrons. The minimum Gasteiger partial charge on any atom is -0.379 e. The topological polar surface area (TPSA) is 30.5 Å². The van der Waals surface area contributed by atoms with Crippen molar-refractivity contribution in [3.8, 4) is 0 Å². The van der Waals surface area contributed by atoms with Crippen LogP contribution in [0.15, 0.2) is 24.3 Å². The molecule has 0 aromatic heterocycles. The molecule has 0 fully saturated rings. The number of hydrogen-bond acceptors (Lipinski definition) is 3. The zero-order valence-electron chi connectivity index (χ0n) is 8.54. The van der Waals surface area contributed by atoms with Crippen molar-refractivity contribution in [3.05, 3.63) is 29.8 Å². The fourth-order valence-corrected chi connectivity index (χ4v) is 1.80. The molecule has 14 heavy (non-hydrogen) atoms. The quantitative estimate of drug-likeness (QED) is 0.724. The van der Waals surface area contributed by atoms with Crippen LogP contribution in [0.25, 0.3) is 0 Å². The number of benzene rings is 1. The van der Waals surface area contributed by atoms with Crippen LogP contribution in [0.1, 0.15) is 5.56 Å². The van der Waals surface area contributed by atoms with E-state index in [1.807, 2.05) is 12.1 Å². The molecular formula is C11H15NO2. The summed E-state index contributed by atoms with van der Waals surface area (Å²) in [5.41, 5.74) is 2.42. The Balaban J connectivity index is 2.28. The standard InChI is InChI=1S/C11H15NO2/c1-13-11(14-2)7-9-5-3-4-6-10(9)12-8-11/h3-6,12H,7-8H2,1-2H3. The third-order valence-electron chi connectivity index (χ3n) is 2.77. The molecule has 1 aromatic carbocycles. The van der Waals surface area contributed by atoms with Gasteiger partial charge >= 0.3 is 0 Å². The normalized spacial score (nSPS) is 18.4. The monoisotopic (exact) mass is 193 g/mol. The predicted molar refractivity (Wildman–Crippen MR) is 55.4 cm³/mol. The molecule has 2 rings (SSSR count). The van der Waals surface area contributed by atoms with E-state index in [1.165, 1.54) is 11.3 Å². The number of para-hydroxylation sites is 1. The molecule has 3 nitrogen and oxygen atoms in total. The third kappa shape index (κ3) is 1.49. The van der Waals surface area contributed by atoms with Gasteiger partial charge in [0.05, 0.1) is 6.54 Å². The van der Waals surface area contributed by atoms with E-state index < -0.39 is 5.79 Å². The van der Waals surface area contributed by atoms with E-state index in [1.54, 1.807) is 14.2 Å². The van der Waals surface area contributed by atoms with Gasteiger partial charge in [0.25, 0.3) is 0 Å². The summed E-state index contributed by atoms with van der Waals surface area (Å²) in [7, 11) is 3.36. The number of ether oxygens (including phenoxy) is 2. The van der Waals surface area contributed by atoms with Gasteiger partial charge in [-0.3, -0.25) is 0 Å². The minimum atomic E-state index is -0.506. The Morgan fingerprint density at radius 2 is 1.93 bits per heavy atom. The molecule has 0 unspecified atom stereocenters. The molecule has 0 aliphatic carbocycles. The first-order valence-electron chi connectivity index (χ1n) is 4.72. The number of hydrogen-bond donors (Lipinski definition) is 1. The van der Waals surface area contributed by atoms with E-state index in [-0.39, 0.29) is 0 Å². The Kier molecular flexibility index (Phi) is 2.44. The van der Waals surface area contributed by atoms with Crippen molar-refractivity contribution in [2.45, 2.75) is 12.2 Å². The van der Waals surface area contributed by atoms with Crippen molar-refractivity contribution in [1.29, 1.82) is 0 Å². The summed E-state index contributed by atoms with van der Waals surface area (Å²) in [6.07, 6.45) is 0.795. The van der Waals surface area contributed by atoms with Gasteiger partial charge in [-0.05, 0) is 11.6 Å². The smallest absolute Gasteiger partial charge is 0.189 e. The summed E-state index contributed by atoms with van der Waals surface area (Å²) in [4.78, 5) is 0. The second-order valence-corrected chi connectivity index (χ2v) is 3.51. The second-order valence-electron chi connectivity index (χ2n) is 3.51. The highest BCUT2D eigenvalue weighted by Crippen LogP contribution is 2.29. The second kappa shape index (κ2) is 3.59. The van der Waals surface area contributed by atoms with Gasteiger partial charge in [0.15, 0.2) is 5.79 Å². The Labute approximate surface area is 84.0 Å². The molecule has 1 aromatic rings. The summed E-state index contributed by atoms with van der Waals surface area (Å²) in [6, 6.07) is 8.22. The van der Waals surface area contributed by atoms with Crippen LogP contribution in [0.4, 0.5) is 5.69 Å². The molecule has 1 aliphatic rings. The van der Waals surface area contributed by atoms with E-state index in [4.69, 9.17) is 9.47 Å². The number of fused-ring (bicyclic) bond motifs is 1. The lowest BCUT2D eigenvalue weighted by molar-refractivity contribution is -0.196. The van der Waals surface area contributed by atoms with Gasteiger partial charge in [-0.2, -0.15) is 0 Å². The zero-order chi connectivity index (χ0) is 10.0. The van der Waals surface area contributed by atoms with Gasteiger partial charge in [0.1, 0.15) is 0 Å². The molecule has 1 heterocycles. The van der Waals surface area contributed by atoms with Crippen molar-refractivity contribution < 1.29 is 9.47 Å². The van der Waals surface area contributed by atoms with E-state index >= 15 is 0 Å². The van der Waals surface area contributed by atoms with Gasteiger partial charge in [-0.1, -0.05) is 18.2 Å². The average Bonchev–Trinajstić information content (AvgIpc) is 2.28. The van der Waals surface area contributed by atoms with Crippen LogP contribution in [0.2, 0.25) is 0 Å². The van der Waals surface area contributed by atoms with E-state index in [2.05, 4.69) is 17.4 Å². The molecule has 1 aliphatic heterocycles. The summed E-state index contributed by atoms with van der Waals surface area (Å²) < 4.78 is 10.8. The van der Waals surface area contributed by atoms with Crippen molar-refractivity contribution in [2.75, 3.05) is 26.1 Å². The first-order valence-corrected chi connectivity index (χ1v) is 4.72. The van der Waals surface area contributed by atoms with Crippen molar-refractivity contribution >= 4 is 5.69 Å². The predicted octanol–water partition coefficient (Wildman–Crippen LogP) is 1.64. The largest absolute Gasteiger partial charge is 0.379 e. The summed E-state index contributed by atoms with van der Waals surface area (Å²) in [6.45, 7) is 0.691. The van der Waals surface area contributed by atoms with Gasteiger partial charge in [0.2, 0.25) is 0 Å². The van der Waals surface area contributed by atoms with Crippen molar-refractivity contribution in [1.82, 2.24) is 0 Å². The van der Waals surface area contributed by atoms with Gasteiger partial charge in [-0.25, -0.2) is 0 Å². The lowest BCUT2D eigenvalue weighted by atomic mass is 9.99. The molecule has 0 spiro atoms. The number of methoxy groups -OCH3 is 2. The molecule has 3 heteroatoms. The Hall–Kier alpha value is -1.06. The lowest BCUT2D eigenvalue weighted by Crippen LogP contribution is -2.46. The fourth-order valence-electron chi connectivity index (χ4n) is 1.80. The van der Waals surface area contributed by atoms with Gasteiger partial charge < -0.3 is 14.8 Å². The Morgan fingerprint density at radius 3 is 2.64 bits per heavy atom. The molecule has 0 amide bonds. The van der Waals surface area contributed by atoms with E-state index in [0.29, 0.717) is 6.54 Å². The number of nitrogens with one attached hydrogen (secondary N) is 1. The van der Waals surface area contributed by atoms with Crippen LogP contribution in [0, 0.1) is 0 Å². The molecular weight excluding hydrogens is 178 g/mol. The molecule has 0 bridgehead atoms. The maximum absolute atomic E-state index is 5.40. The van der Waals surface area contributed by atoms with E-state index in [9.17, 15) is 0 Å². The van der Waals surface area contributed by atoms with Crippen molar-refractivity contribution in [3.63, 3.8) is 0 Å². The van der Waals surface area contributed by atoms with Gasteiger partial charge in [0, 0.05) is 26.3 Å². The maximum Gasteiger partial charge on any atom is 0.189 e. The average molecular weight is 193 g/mol. The Bertz CT molecular complexity index is 321. The highest BCUT2D eigenvalue weighted by atomic mass is 16.7. The summed E-state index contributed by atoms with van der Waals surface area (Å²) >= 11 is 0. The number of anilines is 1. The SMILES string of the molecule is COC1(OC)CNc2ccccc2C1. The highest BCUT2D eigenvalue weighted by molar-refractivity contribution is 5.53. The van der Waals surface area contributed by atoms with Crippen LogP contribution < -0.4 is 5.32 Å². The minimum absolute atomic E-state index is 0.506. The Morgan fingerprint density at radius 1 is 1.21 bits per heavy atom. The fraction of sp³-hybridized carbons (Fsp3) is 0.455. The van der Waals surface area contributed by atoms with E-state index in [0.717, 1.165) is 6.42 Å². The number of rotatable bonds is 2. The molecule has 0 atom stereocenters. The first-order chi connectivity index (χ1) is 6.79. The molecule has 0 saturated carbocycles.